The van der Waals surface area contributed by atoms with Crippen LogP contribution >= 0.6 is 0 Å². The molecule has 92 valence electrons. The van der Waals surface area contributed by atoms with Gasteiger partial charge >= 0.3 is 0 Å². The molecule has 3 rings (SSSR count). The fourth-order valence-electron chi connectivity index (χ4n) is 3.24. The molecule has 2 aliphatic rings. The van der Waals surface area contributed by atoms with Crippen molar-refractivity contribution in [2.45, 2.75) is 25.4 Å². The lowest BCUT2D eigenvalue weighted by molar-refractivity contribution is 0.0272. The molecule has 3 atom stereocenters. The summed E-state index contributed by atoms with van der Waals surface area (Å²) in [5.41, 5.74) is 10.3. The van der Waals surface area contributed by atoms with Crippen LogP contribution < -0.4 is 10.6 Å². The lowest BCUT2D eigenvalue weighted by Crippen LogP contribution is -2.51. The molecule has 0 radical (unpaired) electrons. The third-order valence-corrected chi connectivity index (χ3v) is 4.24. The molecule has 3 heteroatoms. The fourth-order valence-corrected chi connectivity index (χ4v) is 3.24. The van der Waals surface area contributed by atoms with Crippen LogP contribution in [0.5, 0.6) is 0 Å². The Kier molecular flexibility index (Phi) is 2.60. The van der Waals surface area contributed by atoms with E-state index in [1.165, 1.54) is 16.8 Å². The molecule has 1 aromatic carbocycles. The quantitative estimate of drug-likeness (QED) is 0.742. The molecule has 0 spiro atoms. The van der Waals surface area contributed by atoms with Crippen molar-refractivity contribution in [1.29, 1.82) is 0 Å². The molecule has 3 unspecified atom stereocenters. The third-order valence-electron chi connectivity index (χ3n) is 4.24. The van der Waals surface area contributed by atoms with Gasteiger partial charge in [0.05, 0.1) is 6.61 Å². The van der Waals surface area contributed by atoms with Gasteiger partial charge in [0.25, 0.3) is 0 Å². The highest BCUT2D eigenvalue weighted by Gasteiger charge is 2.39. The maximum absolute atomic E-state index is 6.43. The van der Waals surface area contributed by atoms with Crippen LogP contribution in [0.2, 0.25) is 0 Å². The van der Waals surface area contributed by atoms with Crippen LogP contribution in [0.25, 0.3) is 0 Å². The second kappa shape index (κ2) is 4.00. The Hall–Kier alpha value is -1.06. The van der Waals surface area contributed by atoms with E-state index in [0.717, 1.165) is 19.6 Å². The van der Waals surface area contributed by atoms with E-state index in [9.17, 15) is 0 Å². The van der Waals surface area contributed by atoms with Crippen LogP contribution in [0, 0.1) is 12.8 Å². The summed E-state index contributed by atoms with van der Waals surface area (Å²) in [5.74, 6) is 0.433. The first-order valence-corrected chi connectivity index (χ1v) is 6.35. The molecule has 0 aromatic heterocycles. The maximum Gasteiger partial charge on any atom is 0.0532 e. The number of benzene rings is 1. The van der Waals surface area contributed by atoms with E-state index in [4.69, 9.17) is 10.5 Å². The fraction of sp³-hybridized carbons (Fsp3) is 0.571. The van der Waals surface area contributed by atoms with Gasteiger partial charge in [0.1, 0.15) is 0 Å². The second-order valence-corrected chi connectivity index (χ2v) is 5.29. The Bertz CT molecular complexity index is 432. The van der Waals surface area contributed by atoms with Gasteiger partial charge in [-0.25, -0.2) is 0 Å². The highest BCUT2D eigenvalue weighted by molar-refractivity contribution is 5.59. The SMILES string of the molecule is Cc1ccc2c(c1)C(N)C1COCCC1N2C. The van der Waals surface area contributed by atoms with E-state index in [0.29, 0.717) is 12.0 Å². The summed E-state index contributed by atoms with van der Waals surface area (Å²) < 4.78 is 5.60. The largest absolute Gasteiger partial charge is 0.381 e. The summed E-state index contributed by atoms with van der Waals surface area (Å²) in [6.07, 6.45) is 1.09. The average Bonchev–Trinajstić information content (AvgIpc) is 2.36. The molecule has 17 heavy (non-hydrogen) atoms. The van der Waals surface area contributed by atoms with E-state index in [2.05, 4.69) is 37.1 Å². The van der Waals surface area contributed by atoms with Crippen molar-refractivity contribution in [2.24, 2.45) is 11.7 Å². The summed E-state index contributed by atoms with van der Waals surface area (Å²) in [7, 11) is 2.18. The second-order valence-electron chi connectivity index (χ2n) is 5.29. The monoisotopic (exact) mass is 232 g/mol. The summed E-state index contributed by atoms with van der Waals surface area (Å²) >= 11 is 0. The van der Waals surface area contributed by atoms with Crippen molar-refractivity contribution < 1.29 is 4.74 Å². The van der Waals surface area contributed by atoms with Crippen molar-refractivity contribution in [2.75, 3.05) is 25.2 Å². The number of hydrogen-bond donors (Lipinski definition) is 1. The van der Waals surface area contributed by atoms with Crippen LogP contribution in [-0.4, -0.2) is 26.3 Å². The predicted molar refractivity (Wildman–Crippen MR) is 69.2 cm³/mol. The van der Waals surface area contributed by atoms with Crippen LogP contribution in [0.1, 0.15) is 23.6 Å². The number of rotatable bonds is 0. The zero-order chi connectivity index (χ0) is 12.0. The van der Waals surface area contributed by atoms with Crippen molar-refractivity contribution in [3.05, 3.63) is 29.3 Å². The zero-order valence-electron chi connectivity index (χ0n) is 10.5. The zero-order valence-corrected chi connectivity index (χ0v) is 10.5. The van der Waals surface area contributed by atoms with Crippen molar-refractivity contribution in [3.8, 4) is 0 Å². The number of aryl methyl sites for hydroxylation is 1. The van der Waals surface area contributed by atoms with Crippen LogP contribution in [0.15, 0.2) is 18.2 Å². The van der Waals surface area contributed by atoms with Crippen molar-refractivity contribution in [3.63, 3.8) is 0 Å². The first-order chi connectivity index (χ1) is 8.18. The van der Waals surface area contributed by atoms with Gasteiger partial charge in [-0.15, -0.1) is 0 Å². The molecule has 2 heterocycles. The minimum absolute atomic E-state index is 0.117. The highest BCUT2D eigenvalue weighted by Crippen LogP contribution is 2.41. The summed E-state index contributed by atoms with van der Waals surface area (Å²) in [6.45, 7) is 3.78. The van der Waals surface area contributed by atoms with E-state index in [-0.39, 0.29) is 6.04 Å². The van der Waals surface area contributed by atoms with E-state index < -0.39 is 0 Å². The number of fused-ring (bicyclic) bond motifs is 2. The molecule has 2 N–H and O–H groups in total. The molecule has 3 nitrogen and oxygen atoms in total. The minimum Gasteiger partial charge on any atom is -0.381 e. The molecule has 0 aliphatic carbocycles. The van der Waals surface area contributed by atoms with Gasteiger partial charge in [-0.1, -0.05) is 17.7 Å². The molecule has 0 saturated carbocycles. The van der Waals surface area contributed by atoms with E-state index >= 15 is 0 Å². The van der Waals surface area contributed by atoms with Gasteiger partial charge in [-0.2, -0.15) is 0 Å². The first kappa shape index (κ1) is 11.1. The number of anilines is 1. The Balaban J connectivity index is 2.07. The van der Waals surface area contributed by atoms with Crippen molar-refractivity contribution >= 4 is 5.69 Å². The molecule has 1 fully saturated rings. The number of nitrogens with two attached hydrogens (primary N) is 1. The highest BCUT2D eigenvalue weighted by atomic mass is 16.5. The Labute approximate surface area is 103 Å². The predicted octanol–water partition coefficient (Wildman–Crippen LogP) is 1.85. The van der Waals surface area contributed by atoms with Crippen LogP contribution in [0.4, 0.5) is 5.69 Å². The van der Waals surface area contributed by atoms with Gasteiger partial charge in [-0.05, 0) is 25.0 Å². The standard InChI is InChI=1S/C14H20N2O/c1-9-3-4-12-10(7-9)14(15)11-8-17-6-5-13(11)16(12)2/h3-4,7,11,13-14H,5-6,8,15H2,1-2H3. The molecule has 2 aliphatic heterocycles. The molecular weight excluding hydrogens is 212 g/mol. The van der Waals surface area contributed by atoms with E-state index in [1.54, 1.807) is 0 Å². The maximum atomic E-state index is 6.43. The first-order valence-electron chi connectivity index (χ1n) is 6.35. The van der Waals surface area contributed by atoms with E-state index in [1.807, 2.05) is 0 Å². The van der Waals surface area contributed by atoms with Crippen molar-refractivity contribution in [1.82, 2.24) is 0 Å². The van der Waals surface area contributed by atoms with Gasteiger partial charge < -0.3 is 15.4 Å². The topological polar surface area (TPSA) is 38.5 Å². The van der Waals surface area contributed by atoms with Gasteiger partial charge in [0, 0.05) is 37.3 Å². The average molecular weight is 232 g/mol. The normalized spacial score (nSPS) is 31.9. The molecule has 1 aromatic rings. The third kappa shape index (κ3) is 1.65. The van der Waals surface area contributed by atoms with Crippen LogP contribution in [0.3, 0.4) is 0 Å². The lowest BCUT2D eigenvalue weighted by Gasteiger charge is -2.47. The number of ether oxygens (including phenoxy) is 1. The minimum atomic E-state index is 0.117. The Morgan fingerprint density at radius 2 is 2.24 bits per heavy atom. The lowest BCUT2D eigenvalue weighted by atomic mass is 9.79. The van der Waals surface area contributed by atoms with Gasteiger partial charge in [0.2, 0.25) is 0 Å². The smallest absolute Gasteiger partial charge is 0.0532 e. The number of nitrogens with zero attached hydrogens (tertiary/aromatic N) is 1. The molecular formula is C14H20N2O. The summed E-state index contributed by atoms with van der Waals surface area (Å²) in [5, 5.41) is 0. The molecule has 0 bridgehead atoms. The number of hydrogen-bond acceptors (Lipinski definition) is 3. The summed E-state index contributed by atoms with van der Waals surface area (Å²) in [4.78, 5) is 2.39. The Morgan fingerprint density at radius 1 is 1.41 bits per heavy atom. The van der Waals surface area contributed by atoms with Gasteiger partial charge in [-0.3, -0.25) is 0 Å². The summed E-state index contributed by atoms with van der Waals surface area (Å²) in [6, 6.07) is 7.25. The van der Waals surface area contributed by atoms with Crippen LogP contribution in [-0.2, 0) is 4.74 Å². The molecule has 0 amide bonds. The Morgan fingerprint density at radius 3 is 3.06 bits per heavy atom. The van der Waals surface area contributed by atoms with Gasteiger partial charge in [0.15, 0.2) is 0 Å². The molecule has 1 saturated heterocycles.